The molecule has 0 aromatic carbocycles. The topological polar surface area (TPSA) is 192 Å². The highest BCUT2D eigenvalue weighted by Crippen LogP contribution is 2.47. The smallest absolute Gasteiger partial charge is 0.457 e. The molecule has 0 bridgehead atoms. The summed E-state index contributed by atoms with van der Waals surface area (Å²) in [6, 6.07) is 0. The fourth-order valence-electron chi connectivity index (χ4n) is 7.27. The van der Waals surface area contributed by atoms with Gasteiger partial charge < -0.3 is 39.9 Å². The number of phosphoric ester groups is 1. The average Bonchev–Trinajstić information content (AvgIpc) is 3.22. The molecular weight excluding hydrogens is 775 g/mol. The van der Waals surface area contributed by atoms with E-state index in [1.54, 1.807) is 0 Å². The Morgan fingerprint density at radius 3 is 1.42 bits per heavy atom. The number of carbonyl (C=O) groups excluding carboxylic acids is 1. The van der Waals surface area contributed by atoms with Crippen LogP contribution >= 0.6 is 7.82 Å². The maximum absolute atomic E-state index is 12.8. The monoisotopic (exact) mass is 863 g/mol. The highest BCUT2D eigenvalue weighted by atomic mass is 31.2. The van der Waals surface area contributed by atoms with E-state index < -0.39 is 63.1 Å². The summed E-state index contributed by atoms with van der Waals surface area (Å²) in [6.07, 6.45) is 29.7. The molecule has 1 aliphatic rings. The molecule has 6 atom stereocenters. The minimum absolute atomic E-state index is 0.0752. The molecule has 59 heavy (non-hydrogen) atoms. The lowest BCUT2D eigenvalue weighted by Crippen LogP contribution is -2.64. The van der Waals surface area contributed by atoms with Gasteiger partial charge in [-0.2, -0.15) is 0 Å². The summed E-state index contributed by atoms with van der Waals surface area (Å²) in [5.74, 6) is -0.479. The maximum Gasteiger partial charge on any atom is 0.472 e. The predicted octanol–water partition coefficient (Wildman–Crippen LogP) is 9.70. The number of phosphoric acid groups is 1. The first kappa shape index (κ1) is 55.8. The Hall–Kier alpha value is -1.18. The van der Waals surface area contributed by atoms with E-state index in [2.05, 4.69) is 38.2 Å². The molecular formula is C46H87O12P. The molecule has 13 heteroatoms. The molecule has 0 radical (unpaired) electrons. The average molecular weight is 863 g/mol. The molecule has 0 saturated heterocycles. The predicted molar refractivity (Wildman–Crippen MR) is 235 cm³/mol. The first-order valence-electron chi connectivity index (χ1n) is 23.7. The van der Waals surface area contributed by atoms with Crippen LogP contribution in [0.5, 0.6) is 0 Å². The minimum Gasteiger partial charge on any atom is -0.457 e. The maximum atomic E-state index is 12.8. The van der Waals surface area contributed by atoms with Gasteiger partial charge in [-0.25, -0.2) is 4.57 Å². The van der Waals surface area contributed by atoms with E-state index in [0.29, 0.717) is 13.0 Å². The molecule has 1 rings (SSSR count). The molecule has 1 saturated carbocycles. The number of aliphatic hydroxyl groups excluding tert-OH is 5. The van der Waals surface area contributed by atoms with Crippen molar-refractivity contribution < 1.29 is 58.3 Å². The Balaban J connectivity index is 2.31. The zero-order chi connectivity index (χ0) is 43.4. The number of carbonyl (C=O) groups is 1. The second-order valence-corrected chi connectivity index (χ2v) is 18.0. The lowest BCUT2D eigenvalue weighted by Gasteiger charge is -2.41. The highest BCUT2D eigenvalue weighted by Gasteiger charge is 2.51. The molecule has 0 spiro atoms. The van der Waals surface area contributed by atoms with Gasteiger partial charge in [-0.05, 0) is 44.9 Å². The Kier molecular flexibility index (Phi) is 35.4. The lowest BCUT2D eigenvalue weighted by molar-refractivity contribution is -0.220. The standard InChI is InChI=1S/C46H87O12P/c1-3-5-7-9-11-13-15-16-17-18-19-20-21-22-23-24-25-26-28-30-32-34-36-55-37-39(57-40(47)35-33-31-29-27-14-12-10-8-6-4-2)38-56-59(53,54)58-46-44(51)42(49)41(48)43(50)45(46)52/h15-16,18-19,39,41-46,48-52H,3-14,17,20-38H2,1-2H3,(H,53,54)/b16-15-,19-18-. The number of esters is 1. The summed E-state index contributed by atoms with van der Waals surface area (Å²) in [4.78, 5) is 23.1. The number of hydrogen-bond donors (Lipinski definition) is 6. The molecule has 0 aromatic rings. The van der Waals surface area contributed by atoms with Crippen LogP contribution in [0, 0.1) is 0 Å². The summed E-state index contributed by atoms with van der Waals surface area (Å²) in [5, 5.41) is 50.1. The second kappa shape index (κ2) is 37.4. The van der Waals surface area contributed by atoms with Crippen LogP contribution in [-0.4, -0.2) is 98.9 Å². The van der Waals surface area contributed by atoms with Gasteiger partial charge in [0.05, 0.1) is 13.2 Å². The second-order valence-electron chi connectivity index (χ2n) is 16.6. The van der Waals surface area contributed by atoms with E-state index >= 15 is 0 Å². The number of hydrogen-bond acceptors (Lipinski definition) is 11. The number of aliphatic hydroxyl groups is 5. The first-order chi connectivity index (χ1) is 28.5. The Morgan fingerprint density at radius 1 is 0.542 bits per heavy atom. The molecule has 348 valence electrons. The summed E-state index contributed by atoms with van der Waals surface area (Å²) < 4.78 is 34.1. The van der Waals surface area contributed by atoms with Gasteiger partial charge in [-0.15, -0.1) is 0 Å². The molecule has 0 heterocycles. The molecule has 0 aliphatic heterocycles. The van der Waals surface area contributed by atoms with Crippen molar-refractivity contribution in [2.75, 3.05) is 19.8 Å². The lowest BCUT2D eigenvalue weighted by atomic mass is 9.85. The first-order valence-corrected chi connectivity index (χ1v) is 25.2. The highest BCUT2D eigenvalue weighted by molar-refractivity contribution is 7.47. The van der Waals surface area contributed by atoms with Gasteiger partial charge >= 0.3 is 13.8 Å². The van der Waals surface area contributed by atoms with Crippen LogP contribution in [0.2, 0.25) is 0 Å². The van der Waals surface area contributed by atoms with Gasteiger partial charge in [-0.1, -0.05) is 173 Å². The molecule has 6 N–H and O–H groups in total. The third kappa shape index (κ3) is 29.7. The van der Waals surface area contributed by atoms with Gasteiger partial charge in [0, 0.05) is 13.0 Å². The Morgan fingerprint density at radius 2 is 0.949 bits per heavy atom. The van der Waals surface area contributed by atoms with Crippen LogP contribution in [0.1, 0.15) is 200 Å². The van der Waals surface area contributed by atoms with Crippen LogP contribution < -0.4 is 0 Å². The summed E-state index contributed by atoms with van der Waals surface area (Å²) in [7, 11) is -5.01. The van der Waals surface area contributed by atoms with Crippen LogP contribution in [0.15, 0.2) is 24.3 Å². The molecule has 0 aromatic heterocycles. The number of ether oxygens (including phenoxy) is 2. The summed E-state index contributed by atoms with van der Waals surface area (Å²) in [5.41, 5.74) is 0. The van der Waals surface area contributed by atoms with Crippen molar-refractivity contribution in [1.82, 2.24) is 0 Å². The van der Waals surface area contributed by atoms with Crippen LogP contribution in [0.3, 0.4) is 0 Å². The van der Waals surface area contributed by atoms with E-state index in [-0.39, 0.29) is 13.0 Å². The summed E-state index contributed by atoms with van der Waals surface area (Å²) >= 11 is 0. The fraction of sp³-hybridized carbons (Fsp3) is 0.891. The summed E-state index contributed by atoms with van der Waals surface area (Å²) in [6.45, 7) is 4.23. The normalized spacial score (nSPS) is 22.6. The van der Waals surface area contributed by atoms with Gasteiger partial charge in [-0.3, -0.25) is 13.8 Å². The van der Waals surface area contributed by atoms with E-state index in [1.807, 2.05) is 0 Å². The van der Waals surface area contributed by atoms with Crippen LogP contribution in [-0.2, 0) is 27.9 Å². The zero-order valence-electron chi connectivity index (χ0n) is 37.1. The molecule has 6 unspecified atom stereocenters. The number of unbranched alkanes of at least 4 members (excludes halogenated alkanes) is 24. The van der Waals surface area contributed by atoms with Gasteiger partial charge in [0.15, 0.2) is 0 Å². The van der Waals surface area contributed by atoms with Crippen molar-refractivity contribution in [1.29, 1.82) is 0 Å². The third-order valence-corrected chi connectivity index (χ3v) is 12.1. The van der Waals surface area contributed by atoms with Crippen molar-refractivity contribution in [3.63, 3.8) is 0 Å². The zero-order valence-corrected chi connectivity index (χ0v) is 38.0. The minimum atomic E-state index is -5.01. The Bertz CT molecular complexity index is 1070. The SMILES string of the molecule is CCCCCCC/C=C\C/C=C\CCCCCCCCCCCCOCC(COP(=O)(O)OC1C(O)C(O)C(O)C(O)C1O)OC(=O)CCCCCCCCCCCC. The fourth-order valence-corrected chi connectivity index (χ4v) is 8.24. The number of rotatable bonds is 40. The molecule has 0 amide bonds. The van der Waals surface area contributed by atoms with Gasteiger partial charge in [0.2, 0.25) is 0 Å². The Labute approximate surface area is 358 Å². The molecule has 1 aliphatic carbocycles. The molecule has 12 nitrogen and oxygen atoms in total. The van der Waals surface area contributed by atoms with E-state index in [9.17, 15) is 39.8 Å². The van der Waals surface area contributed by atoms with Crippen LogP contribution in [0.25, 0.3) is 0 Å². The number of allylic oxidation sites excluding steroid dienone is 4. The van der Waals surface area contributed by atoms with E-state index in [0.717, 1.165) is 44.9 Å². The van der Waals surface area contributed by atoms with Crippen molar-refractivity contribution in [3.05, 3.63) is 24.3 Å². The van der Waals surface area contributed by atoms with Crippen molar-refractivity contribution in [2.24, 2.45) is 0 Å². The van der Waals surface area contributed by atoms with Crippen molar-refractivity contribution in [2.45, 2.75) is 243 Å². The van der Waals surface area contributed by atoms with E-state index in [1.165, 1.54) is 128 Å². The van der Waals surface area contributed by atoms with Gasteiger partial charge in [0.1, 0.15) is 42.7 Å². The largest absolute Gasteiger partial charge is 0.472 e. The van der Waals surface area contributed by atoms with Crippen LogP contribution in [0.4, 0.5) is 0 Å². The third-order valence-electron chi connectivity index (χ3n) is 11.1. The quantitative estimate of drug-likeness (QED) is 0.0148. The van der Waals surface area contributed by atoms with Crippen molar-refractivity contribution >= 4 is 13.8 Å². The van der Waals surface area contributed by atoms with E-state index in [4.69, 9.17) is 18.5 Å². The van der Waals surface area contributed by atoms with Crippen molar-refractivity contribution in [3.8, 4) is 0 Å². The van der Waals surface area contributed by atoms with Gasteiger partial charge in [0.25, 0.3) is 0 Å². The molecule has 1 fully saturated rings.